The number of carboxylic acids is 1. The van der Waals surface area contributed by atoms with Gasteiger partial charge in [0.15, 0.2) is 0 Å². The van der Waals surface area contributed by atoms with E-state index in [1.165, 1.54) is 12.1 Å². The quantitative estimate of drug-likeness (QED) is 0.427. The summed E-state index contributed by atoms with van der Waals surface area (Å²) in [4.78, 5) is 32.9. The van der Waals surface area contributed by atoms with E-state index >= 15 is 0 Å². The van der Waals surface area contributed by atoms with Gasteiger partial charge in [0, 0.05) is 30.8 Å². The maximum absolute atomic E-state index is 11.6. The minimum atomic E-state index is -1.21. The third-order valence-electron chi connectivity index (χ3n) is 2.20. The number of rotatable bonds is 6. The molecule has 20 heavy (non-hydrogen) atoms. The highest BCUT2D eigenvalue weighted by Crippen LogP contribution is 2.10. The largest absolute Gasteiger partial charge is 0.508 e. The molecule has 7 nitrogen and oxygen atoms in total. The molecule has 0 aliphatic rings. The predicted molar refractivity (Wildman–Crippen MR) is 70.2 cm³/mol. The van der Waals surface area contributed by atoms with Crippen LogP contribution in [0.4, 0.5) is 0 Å². The van der Waals surface area contributed by atoms with Gasteiger partial charge in [0.25, 0.3) is 5.91 Å². The van der Waals surface area contributed by atoms with Gasteiger partial charge < -0.3 is 20.8 Å². The number of carboxylic acid groups (broad SMARTS) is 1. The number of phenolic OH excluding ortho intramolecular Hbond substituents is 1. The first kappa shape index (κ1) is 15.2. The van der Waals surface area contributed by atoms with Gasteiger partial charge in [-0.1, -0.05) is 6.07 Å². The van der Waals surface area contributed by atoms with Crippen LogP contribution in [0, 0.1) is 0 Å². The monoisotopic (exact) mass is 278 g/mol. The van der Waals surface area contributed by atoms with Crippen molar-refractivity contribution in [2.24, 2.45) is 0 Å². The number of amides is 2. The summed E-state index contributed by atoms with van der Waals surface area (Å²) in [6.45, 7) is 0.342. The molecule has 0 bridgehead atoms. The Labute approximate surface area is 114 Å². The molecule has 0 aliphatic heterocycles. The number of aliphatic carboxylic acids is 1. The van der Waals surface area contributed by atoms with E-state index in [0.29, 0.717) is 5.56 Å². The number of aromatic hydroxyl groups is 1. The lowest BCUT2D eigenvalue weighted by atomic mass is 10.2. The van der Waals surface area contributed by atoms with Gasteiger partial charge in [-0.15, -0.1) is 0 Å². The van der Waals surface area contributed by atoms with Crippen molar-refractivity contribution < 1.29 is 24.6 Å². The Hall–Kier alpha value is -2.83. The van der Waals surface area contributed by atoms with E-state index in [2.05, 4.69) is 10.6 Å². The zero-order valence-electron chi connectivity index (χ0n) is 10.5. The molecule has 0 radical (unpaired) electrons. The molecule has 0 unspecified atom stereocenters. The van der Waals surface area contributed by atoms with E-state index in [1.807, 2.05) is 0 Å². The minimum Gasteiger partial charge on any atom is -0.508 e. The number of phenols is 1. The van der Waals surface area contributed by atoms with Gasteiger partial charge in [-0.2, -0.15) is 0 Å². The van der Waals surface area contributed by atoms with E-state index in [0.717, 1.165) is 12.2 Å². The molecule has 0 saturated heterocycles. The summed E-state index contributed by atoms with van der Waals surface area (Å²) in [6.07, 6.45) is 1.61. The lowest BCUT2D eigenvalue weighted by molar-refractivity contribution is -0.131. The summed E-state index contributed by atoms with van der Waals surface area (Å²) < 4.78 is 0. The van der Waals surface area contributed by atoms with Crippen LogP contribution in [-0.4, -0.2) is 41.1 Å². The molecular formula is C13H14N2O5. The highest BCUT2D eigenvalue weighted by atomic mass is 16.4. The smallest absolute Gasteiger partial charge is 0.328 e. The Morgan fingerprint density at radius 1 is 1.10 bits per heavy atom. The second-order valence-corrected chi connectivity index (χ2v) is 3.77. The average molecular weight is 278 g/mol. The van der Waals surface area contributed by atoms with Crippen LogP contribution in [0.1, 0.15) is 10.4 Å². The molecule has 0 fully saturated rings. The number of hydrogen-bond donors (Lipinski definition) is 4. The second-order valence-electron chi connectivity index (χ2n) is 3.77. The van der Waals surface area contributed by atoms with Crippen LogP contribution in [0.2, 0.25) is 0 Å². The van der Waals surface area contributed by atoms with Gasteiger partial charge in [0.1, 0.15) is 5.75 Å². The Morgan fingerprint density at radius 2 is 1.80 bits per heavy atom. The summed E-state index contributed by atoms with van der Waals surface area (Å²) in [5, 5.41) is 22.5. The van der Waals surface area contributed by atoms with Crippen LogP contribution in [-0.2, 0) is 9.59 Å². The van der Waals surface area contributed by atoms with Crippen LogP contribution in [0.25, 0.3) is 0 Å². The van der Waals surface area contributed by atoms with Crippen LogP contribution < -0.4 is 10.6 Å². The molecule has 7 heteroatoms. The molecule has 4 N–H and O–H groups in total. The van der Waals surface area contributed by atoms with Gasteiger partial charge in [-0.05, 0) is 18.2 Å². The van der Waals surface area contributed by atoms with Gasteiger partial charge >= 0.3 is 5.97 Å². The molecule has 1 aromatic carbocycles. The molecule has 106 valence electrons. The molecule has 0 saturated carbocycles. The fraction of sp³-hybridized carbons (Fsp3) is 0.154. The zero-order valence-corrected chi connectivity index (χ0v) is 10.5. The van der Waals surface area contributed by atoms with E-state index < -0.39 is 11.9 Å². The van der Waals surface area contributed by atoms with Crippen molar-refractivity contribution in [2.75, 3.05) is 13.1 Å². The molecular weight excluding hydrogens is 264 g/mol. The number of carbonyl (C=O) groups excluding carboxylic acids is 2. The highest BCUT2D eigenvalue weighted by molar-refractivity contribution is 5.95. The zero-order chi connectivity index (χ0) is 15.0. The van der Waals surface area contributed by atoms with Crippen molar-refractivity contribution in [3.63, 3.8) is 0 Å². The summed E-state index contributed by atoms with van der Waals surface area (Å²) in [5.41, 5.74) is 0.307. The maximum atomic E-state index is 11.6. The van der Waals surface area contributed by atoms with Gasteiger partial charge in [0.05, 0.1) is 0 Å². The Balaban J connectivity index is 2.29. The third kappa shape index (κ3) is 5.67. The topological polar surface area (TPSA) is 116 Å². The second kappa shape index (κ2) is 7.57. The third-order valence-corrected chi connectivity index (χ3v) is 2.20. The first-order valence-corrected chi connectivity index (χ1v) is 5.75. The molecule has 0 spiro atoms. The average Bonchev–Trinajstić information content (AvgIpc) is 2.41. The minimum absolute atomic E-state index is 0.00948. The lowest BCUT2D eigenvalue weighted by Crippen LogP contribution is -2.34. The maximum Gasteiger partial charge on any atom is 0.328 e. The van der Waals surface area contributed by atoms with Crippen molar-refractivity contribution in [3.8, 4) is 5.75 Å². The normalized spacial score (nSPS) is 10.2. The first-order valence-electron chi connectivity index (χ1n) is 5.75. The van der Waals surface area contributed by atoms with Gasteiger partial charge in [-0.3, -0.25) is 9.59 Å². The number of nitrogens with one attached hydrogen (secondary N) is 2. The fourth-order valence-corrected chi connectivity index (χ4v) is 1.32. The van der Waals surface area contributed by atoms with Crippen molar-refractivity contribution in [1.29, 1.82) is 0 Å². The van der Waals surface area contributed by atoms with E-state index in [-0.39, 0.29) is 24.7 Å². The molecule has 0 aromatic heterocycles. The fourth-order valence-electron chi connectivity index (χ4n) is 1.32. The summed E-state index contributed by atoms with van der Waals surface area (Å²) >= 11 is 0. The number of hydrogen-bond acceptors (Lipinski definition) is 4. The van der Waals surface area contributed by atoms with Crippen molar-refractivity contribution >= 4 is 17.8 Å². The van der Waals surface area contributed by atoms with E-state index in [4.69, 9.17) is 5.11 Å². The SMILES string of the molecule is O=C(O)/C=C\C(=O)NCCNC(=O)c1cccc(O)c1. The number of benzene rings is 1. The summed E-state index contributed by atoms with van der Waals surface area (Å²) in [7, 11) is 0. The Bertz CT molecular complexity index is 539. The van der Waals surface area contributed by atoms with Crippen molar-refractivity contribution in [1.82, 2.24) is 10.6 Å². The van der Waals surface area contributed by atoms with Crippen LogP contribution in [0.5, 0.6) is 5.75 Å². The number of carbonyl (C=O) groups is 3. The summed E-state index contributed by atoms with van der Waals surface area (Å²) in [5.74, 6) is -2.16. The van der Waals surface area contributed by atoms with Crippen molar-refractivity contribution in [3.05, 3.63) is 42.0 Å². The standard InChI is InChI=1S/C13H14N2O5/c16-10-3-1-2-9(8-10)13(20)15-7-6-14-11(17)4-5-12(18)19/h1-5,8,16H,6-7H2,(H,14,17)(H,15,20)(H,18,19)/b5-4-. The first-order chi connectivity index (χ1) is 9.49. The van der Waals surface area contributed by atoms with Crippen LogP contribution in [0.3, 0.4) is 0 Å². The molecule has 1 aromatic rings. The van der Waals surface area contributed by atoms with Crippen LogP contribution in [0.15, 0.2) is 36.4 Å². The van der Waals surface area contributed by atoms with Gasteiger partial charge in [-0.25, -0.2) is 4.79 Å². The molecule has 0 heterocycles. The lowest BCUT2D eigenvalue weighted by Gasteiger charge is -2.06. The van der Waals surface area contributed by atoms with Crippen LogP contribution >= 0.6 is 0 Å². The van der Waals surface area contributed by atoms with Crippen molar-refractivity contribution in [2.45, 2.75) is 0 Å². The van der Waals surface area contributed by atoms with E-state index in [9.17, 15) is 19.5 Å². The Morgan fingerprint density at radius 3 is 2.45 bits per heavy atom. The molecule has 2 amide bonds. The predicted octanol–water partition coefficient (Wildman–Crippen LogP) is -0.121. The Kier molecular flexibility index (Phi) is 5.76. The van der Waals surface area contributed by atoms with E-state index in [1.54, 1.807) is 12.1 Å². The summed E-state index contributed by atoms with van der Waals surface area (Å²) in [6, 6.07) is 5.86. The van der Waals surface area contributed by atoms with Gasteiger partial charge in [0.2, 0.25) is 5.91 Å². The molecule has 0 aliphatic carbocycles. The molecule has 1 rings (SSSR count). The molecule has 0 atom stereocenters. The highest BCUT2D eigenvalue weighted by Gasteiger charge is 2.05.